The fourth-order valence-corrected chi connectivity index (χ4v) is 5.52. The highest BCUT2D eigenvalue weighted by Crippen LogP contribution is 2.57. The van der Waals surface area contributed by atoms with Gasteiger partial charge in [-0.2, -0.15) is 0 Å². The molecule has 5 rings (SSSR count). The van der Waals surface area contributed by atoms with E-state index in [1.807, 2.05) is 0 Å². The molecule has 0 bridgehead atoms. The van der Waals surface area contributed by atoms with Crippen LogP contribution in [0.3, 0.4) is 0 Å². The van der Waals surface area contributed by atoms with Gasteiger partial charge in [0.1, 0.15) is 34.0 Å². The van der Waals surface area contributed by atoms with Crippen LogP contribution in [0.1, 0.15) is 65.7 Å². The summed E-state index contributed by atoms with van der Waals surface area (Å²) in [6, 6.07) is 3.20. The normalized spacial score (nSPS) is 22.4. The number of nitrogens with one attached hydrogen (secondary N) is 1. The number of ether oxygens (including phenoxy) is 1. The molecule has 10 heteroatoms. The van der Waals surface area contributed by atoms with Gasteiger partial charge in [-0.25, -0.2) is 0 Å². The first-order chi connectivity index (χ1) is 18.0. The van der Waals surface area contributed by atoms with Crippen LogP contribution in [-0.4, -0.2) is 57.5 Å². The average molecular weight is 521 g/mol. The van der Waals surface area contributed by atoms with Crippen molar-refractivity contribution < 1.29 is 38.5 Å². The monoisotopic (exact) mass is 520 g/mol. The summed E-state index contributed by atoms with van der Waals surface area (Å²) in [5.41, 5.74) is -1.31. The van der Waals surface area contributed by atoms with Crippen LogP contribution in [0.5, 0.6) is 17.2 Å². The number of amides is 1. The van der Waals surface area contributed by atoms with Crippen molar-refractivity contribution in [3.63, 3.8) is 0 Å². The van der Waals surface area contributed by atoms with E-state index in [2.05, 4.69) is 5.32 Å². The molecule has 1 atom stereocenters. The standard InChI is InChI=1S/C28H28N2O8/c1-13-23(33)21(15(3)31)25-22(24(13)34)28(4)19(38-25)12-17(32)20(26(28)35)14(2)29-16-7-9-30(10-8-16)27(36)18-6-5-11-37-18/h5-6,11-12,16,29,33-34H,7-10H2,1-4H3/b20-14+/t28-/m1/s1. The summed E-state index contributed by atoms with van der Waals surface area (Å²) in [6.07, 6.45) is 3.85. The molecule has 0 radical (unpaired) electrons. The summed E-state index contributed by atoms with van der Waals surface area (Å²) < 4.78 is 11.0. The first kappa shape index (κ1) is 25.3. The van der Waals surface area contributed by atoms with E-state index >= 15 is 0 Å². The third-order valence-electron chi connectivity index (χ3n) is 7.69. The van der Waals surface area contributed by atoms with E-state index in [0.29, 0.717) is 31.6 Å². The molecule has 0 spiro atoms. The summed E-state index contributed by atoms with van der Waals surface area (Å²) in [5.74, 6) is -2.47. The zero-order valence-electron chi connectivity index (χ0n) is 21.5. The number of allylic oxidation sites excluding steroid dienone is 4. The maximum Gasteiger partial charge on any atom is 0.289 e. The van der Waals surface area contributed by atoms with Gasteiger partial charge in [0.25, 0.3) is 5.91 Å². The molecule has 3 N–H and O–H groups in total. The average Bonchev–Trinajstić information content (AvgIpc) is 3.50. The Morgan fingerprint density at radius 3 is 2.42 bits per heavy atom. The Balaban J connectivity index is 1.44. The number of Topliss-reactive ketones (excluding diaryl/α,β-unsaturated/α-hetero) is 2. The van der Waals surface area contributed by atoms with Gasteiger partial charge in [0.05, 0.1) is 17.4 Å². The van der Waals surface area contributed by atoms with Crippen molar-refractivity contribution in [2.45, 2.75) is 52.0 Å². The summed E-state index contributed by atoms with van der Waals surface area (Å²) >= 11 is 0. The minimum atomic E-state index is -1.56. The number of nitrogens with zero attached hydrogens (tertiary/aromatic N) is 1. The molecule has 0 unspecified atom stereocenters. The first-order valence-electron chi connectivity index (χ1n) is 12.4. The molecule has 1 fully saturated rings. The van der Waals surface area contributed by atoms with Crippen LogP contribution in [0.25, 0.3) is 0 Å². The number of aromatic hydroxyl groups is 2. The number of rotatable bonds is 4. The molecular weight excluding hydrogens is 492 g/mol. The number of furan rings is 1. The molecule has 38 heavy (non-hydrogen) atoms. The van der Waals surface area contributed by atoms with Crippen LogP contribution < -0.4 is 10.1 Å². The fraction of sp³-hybridized carbons (Fsp3) is 0.357. The highest BCUT2D eigenvalue weighted by molar-refractivity contribution is 6.31. The number of piperidine rings is 1. The Labute approximate surface area is 218 Å². The Morgan fingerprint density at radius 2 is 1.82 bits per heavy atom. The molecule has 3 aliphatic rings. The molecule has 10 nitrogen and oxygen atoms in total. The van der Waals surface area contributed by atoms with E-state index in [9.17, 15) is 29.4 Å². The van der Waals surface area contributed by atoms with Crippen LogP contribution in [0.2, 0.25) is 0 Å². The number of carbonyl (C=O) groups excluding carboxylic acids is 4. The zero-order valence-corrected chi connectivity index (χ0v) is 21.5. The summed E-state index contributed by atoms with van der Waals surface area (Å²) in [4.78, 5) is 53.6. The van der Waals surface area contributed by atoms with Gasteiger partial charge in [-0.05, 0) is 52.7 Å². The maximum absolute atomic E-state index is 13.9. The van der Waals surface area contributed by atoms with Gasteiger partial charge >= 0.3 is 0 Å². The van der Waals surface area contributed by atoms with Gasteiger partial charge in [0.2, 0.25) is 0 Å². The lowest BCUT2D eigenvalue weighted by Crippen LogP contribution is -2.46. The second kappa shape index (κ2) is 8.90. The smallest absolute Gasteiger partial charge is 0.289 e. The highest BCUT2D eigenvalue weighted by Gasteiger charge is 2.56. The number of fused-ring (bicyclic) bond motifs is 3. The summed E-state index contributed by atoms with van der Waals surface area (Å²) in [5, 5.41) is 24.7. The van der Waals surface area contributed by atoms with Crippen LogP contribution in [0.15, 0.2) is 45.9 Å². The number of ketones is 3. The number of benzene rings is 1. The van der Waals surface area contributed by atoms with Crippen molar-refractivity contribution in [1.29, 1.82) is 0 Å². The van der Waals surface area contributed by atoms with Crippen molar-refractivity contribution >= 4 is 23.3 Å². The molecule has 0 saturated carbocycles. The largest absolute Gasteiger partial charge is 0.507 e. The summed E-state index contributed by atoms with van der Waals surface area (Å²) in [6.45, 7) is 6.82. The molecule has 2 aliphatic heterocycles. The fourth-order valence-electron chi connectivity index (χ4n) is 5.52. The predicted molar refractivity (Wildman–Crippen MR) is 134 cm³/mol. The number of phenols is 2. The molecule has 1 saturated heterocycles. The second-order valence-electron chi connectivity index (χ2n) is 10.1. The lowest BCUT2D eigenvalue weighted by molar-refractivity contribution is -0.123. The van der Waals surface area contributed by atoms with E-state index in [1.165, 1.54) is 33.1 Å². The number of phenolic OH excluding ortho intramolecular Hbond substituents is 2. The third-order valence-corrected chi connectivity index (χ3v) is 7.69. The Morgan fingerprint density at radius 1 is 1.13 bits per heavy atom. The third kappa shape index (κ3) is 3.62. The first-order valence-corrected chi connectivity index (χ1v) is 12.4. The molecule has 2 aromatic rings. The van der Waals surface area contributed by atoms with Gasteiger partial charge < -0.3 is 29.6 Å². The van der Waals surface area contributed by atoms with E-state index < -0.39 is 28.5 Å². The Hall–Kier alpha value is -4.34. The topological polar surface area (TPSA) is 146 Å². The van der Waals surface area contributed by atoms with Crippen molar-refractivity contribution in [2.24, 2.45) is 0 Å². The maximum atomic E-state index is 13.9. The van der Waals surface area contributed by atoms with E-state index in [0.717, 1.165) is 0 Å². The van der Waals surface area contributed by atoms with Gasteiger partial charge in [-0.1, -0.05) is 0 Å². The summed E-state index contributed by atoms with van der Waals surface area (Å²) in [7, 11) is 0. The molecule has 1 amide bonds. The minimum Gasteiger partial charge on any atom is -0.507 e. The van der Waals surface area contributed by atoms with Crippen LogP contribution in [0, 0.1) is 6.92 Å². The quantitative estimate of drug-likeness (QED) is 0.314. The van der Waals surface area contributed by atoms with Crippen molar-refractivity contribution in [3.05, 3.63) is 64.0 Å². The van der Waals surface area contributed by atoms with Crippen LogP contribution in [-0.2, 0) is 15.0 Å². The molecule has 198 valence electrons. The zero-order chi connectivity index (χ0) is 27.5. The van der Waals surface area contributed by atoms with Crippen molar-refractivity contribution in [3.8, 4) is 17.2 Å². The molecule has 1 aliphatic carbocycles. The van der Waals surface area contributed by atoms with E-state index in [4.69, 9.17) is 9.15 Å². The van der Waals surface area contributed by atoms with E-state index in [1.54, 1.807) is 24.0 Å². The molecule has 1 aromatic heterocycles. The van der Waals surface area contributed by atoms with Crippen molar-refractivity contribution in [1.82, 2.24) is 10.2 Å². The van der Waals surface area contributed by atoms with Gasteiger partial charge in [0, 0.05) is 36.5 Å². The van der Waals surface area contributed by atoms with Crippen LogP contribution in [0.4, 0.5) is 0 Å². The lowest BCUT2D eigenvalue weighted by Gasteiger charge is -2.34. The predicted octanol–water partition coefficient (Wildman–Crippen LogP) is 3.06. The SMILES string of the molecule is CC(=O)c1c(O)c(C)c(O)c2c1OC1=CC(=O)/C(=C(/C)NC3CCN(C(=O)c4ccco4)CC3)C(=O)[C@]12C. The minimum absolute atomic E-state index is 0.00778. The number of carbonyl (C=O) groups is 4. The van der Waals surface area contributed by atoms with Crippen molar-refractivity contribution in [2.75, 3.05) is 13.1 Å². The lowest BCUT2D eigenvalue weighted by atomic mass is 9.70. The van der Waals surface area contributed by atoms with E-state index in [-0.39, 0.29) is 57.2 Å². The van der Waals surface area contributed by atoms with Gasteiger partial charge in [0.15, 0.2) is 23.1 Å². The number of hydrogen-bond donors (Lipinski definition) is 3. The molecular formula is C28H28N2O8. The molecule has 3 heterocycles. The molecule has 1 aromatic carbocycles. The Kier molecular flexibility index (Phi) is 5.93. The van der Waals surface area contributed by atoms with Gasteiger partial charge in [-0.3, -0.25) is 19.2 Å². The highest BCUT2D eigenvalue weighted by atomic mass is 16.5. The van der Waals surface area contributed by atoms with Gasteiger partial charge in [-0.15, -0.1) is 0 Å². The Bertz CT molecular complexity index is 1460. The number of hydrogen-bond acceptors (Lipinski definition) is 9. The second-order valence-corrected chi connectivity index (χ2v) is 10.1. The van der Waals surface area contributed by atoms with Crippen LogP contribution >= 0.6 is 0 Å². The number of likely N-dealkylation sites (tertiary alicyclic amines) is 1.